The molecule has 0 saturated carbocycles. The first-order valence-corrected chi connectivity index (χ1v) is 8.23. The van der Waals surface area contributed by atoms with Gasteiger partial charge in [0.15, 0.2) is 0 Å². The van der Waals surface area contributed by atoms with E-state index in [0.29, 0.717) is 26.0 Å². The molecule has 3 rings (SSSR count). The van der Waals surface area contributed by atoms with Gasteiger partial charge in [-0.05, 0) is 12.1 Å². The molecule has 24 heavy (non-hydrogen) atoms. The number of ether oxygens (including phenoxy) is 2. The van der Waals surface area contributed by atoms with Gasteiger partial charge in [0.1, 0.15) is 11.6 Å². The third-order valence-corrected chi connectivity index (χ3v) is 4.27. The summed E-state index contributed by atoms with van der Waals surface area (Å²) < 4.78 is 10.6. The summed E-state index contributed by atoms with van der Waals surface area (Å²) in [5.41, 5.74) is 1.85. The Balaban J connectivity index is 1.53. The van der Waals surface area contributed by atoms with Crippen LogP contribution in [0.2, 0.25) is 0 Å². The molecule has 1 aromatic carbocycles. The lowest BCUT2D eigenvalue weighted by Gasteiger charge is -2.25. The number of likely N-dealkylation sites (N-methyl/N-ethyl adjacent to an activating group) is 1. The highest BCUT2D eigenvalue weighted by Gasteiger charge is 2.19. The maximum Gasteiger partial charge on any atom is 0.223 e. The minimum atomic E-state index is 0.118. The van der Waals surface area contributed by atoms with Gasteiger partial charge in [-0.2, -0.15) is 0 Å². The number of fused-ring (bicyclic) bond motifs is 1. The maximum atomic E-state index is 12.3. The monoisotopic (exact) mass is 332 g/mol. The minimum Gasteiger partial charge on any atom is -0.497 e. The number of nitrogens with one attached hydrogen (secondary N) is 2. The summed E-state index contributed by atoms with van der Waals surface area (Å²) >= 11 is 0. The van der Waals surface area contributed by atoms with Crippen LogP contribution in [-0.2, 0) is 16.0 Å². The topological polar surface area (TPSA) is 79.5 Å². The van der Waals surface area contributed by atoms with Crippen LogP contribution in [0.3, 0.4) is 0 Å². The van der Waals surface area contributed by atoms with Crippen LogP contribution in [0.1, 0.15) is 12.2 Å². The minimum absolute atomic E-state index is 0.118. The number of morpholine rings is 1. The maximum absolute atomic E-state index is 12.3. The van der Waals surface area contributed by atoms with Gasteiger partial charge in [-0.1, -0.05) is 0 Å². The number of H-pyrrole nitrogens is 1. The standard InChI is InChI=1S/C17H24N4O3/c1-21(17(22)9-12-11-24-8-6-18-12)7-5-16-19-14-4-3-13(23-2)10-15(14)20-16/h3-4,10,12,18H,5-9,11H2,1-2H3,(H,19,20). The molecule has 0 radical (unpaired) electrons. The van der Waals surface area contributed by atoms with Gasteiger partial charge < -0.3 is 24.7 Å². The highest BCUT2D eigenvalue weighted by molar-refractivity contribution is 5.77. The summed E-state index contributed by atoms with van der Waals surface area (Å²) in [6.07, 6.45) is 1.15. The van der Waals surface area contributed by atoms with Crippen LogP contribution in [0.5, 0.6) is 5.75 Å². The Morgan fingerprint density at radius 3 is 3.12 bits per heavy atom. The number of benzene rings is 1. The summed E-state index contributed by atoms with van der Waals surface area (Å²) in [5, 5.41) is 3.30. The van der Waals surface area contributed by atoms with Crippen LogP contribution in [-0.4, -0.2) is 67.3 Å². The SMILES string of the molecule is COc1ccc2nc(CCN(C)C(=O)CC3COCCN3)[nH]c2c1. The van der Waals surface area contributed by atoms with E-state index in [0.717, 1.165) is 35.8 Å². The highest BCUT2D eigenvalue weighted by atomic mass is 16.5. The molecule has 2 heterocycles. The molecule has 1 aliphatic heterocycles. The largest absolute Gasteiger partial charge is 0.497 e. The number of amides is 1. The van der Waals surface area contributed by atoms with Gasteiger partial charge in [0.05, 0.1) is 31.4 Å². The van der Waals surface area contributed by atoms with Crippen LogP contribution < -0.4 is 10.1 Å². The summed E-state index contributed by atoms with van der Waals surface area (Å²) in [4.78, 5) is 21.9. The van der Waals surface area contributed by atoms with Gasteiger partial charge in [0, 0.05) is 45.1 Å². The second kappa shape index (κ2) is 7.63. The fraction of sp³-hybridized carbons (Fsp3) is 0.529. The van der Waals surface area contributed by atoms with E-state index in [9.17, 15) is 4.79 Å². The molecule has 2 aromatic rings. The van der Waals surface area contributed by atoms with Crippen molar-refractivity contribution in [2.75, 3.05) is 40.5 Å². The van der Waals surface area contributed by atoms with E-state index in [1.54, 1.807) is 12.0 Å². The summed E-state index contributed by atoms with van der Waals surface area (Å²) in [6, 6.07) is 5.86. The Morgan fingerprint density at radius 1 is 1.50 bits per heavy atom. The van der Waals surface area contributed by atoms with Crippen molar-refractivity contribution in [1.29, 1.82) is 0 Å². The van der Waals surface area contributed by atoms with Crippen molar-refractivity contribution in [2.24, 2.45) is 0 Å². The van der Waals surface area contributed by atoms with Crippen molar-refractivity contribution in [3.63, 3.8) is 0 Å². The fourth-order valence-electron chi connectivity index (χ4n) is 2.80. The molecule has 1 amide bonds. The van der Waals surface area contributed by atoms with Gasteiger partial charge in [-0.3, -0.25) is 4.79 Å². The van der Waals surface area contributed by atoms with Gasteiger partial charge in [0.25, 0.3) is 0 Å². The quantitative estimate of drug-likeness (QED) is 0.823. The predicted octanol–water partition coefficient (Wildman–Crippen LogP) is 0.951. The molecular weight excluding hydrogens is 308 g/mol. The number of imidazole rings is 1. The molecule has 1 aromatic heterocycles. The highest BCUT2D eigenvalue weighted by Crippen LogP contribution is 2.18. The number of aromatic amines is 1. The zero-order valence-corrected chi connectivity index (χ0v) is 14.2. The van der Waals surface area contributed by atoms with Crippen LogP contribution in [0.4, 0.5) is 0 Å². The van der Waals surface area contributed by atoms with Crippen molar-refractivity contribution >= 4 is 16.9 Å². The van der Waals surface area contributed by atoms with E-state index in [2.05, 4.69) is 15.3 Å². The Labute approximate surface area is 141 Å². The third-order valence-electron chi connectivity index (χ3n) is 4.27. The first-order valence-electron chi connectivity index (χ1n) is 8.23. The lowest BCUT2D eigenvalue weighted by Crippen LogP contribution is -2.44. The molecule has 7 nitrogen and oxygen atoms in total. The fourth-order valence-corrected chi connectivity index (χ4v) is 2.80. The number of methoxy groups -OCH3 is 1. The van der Waals surface area contributed by atoms with E-state index in [1.165, 1.54) is 0 Å². The average molecular weight is 332 g/mol. The first kappa shape index (κ1) is 16.7. The molecule has 0 aliphatic carbocycles. The van der Waals surface area contributed by atoms with Crippen molar-refractivity contribution < 1.29 is 14.3 Å². The molecule has 1 fully saturated rings. The van der Waals surface area contributed by atoms with Gasteiger partial charge in [0.2, 0.25) is 5.91 Å². The smallest absolute Gasteiger partial charge is 0.223 e. The number of hydrogen-bond donors (Lipinski definition) is 2. The number of hydrogen-bond acceptors (Lipinski definition) is 5. The second-order valence-electron chi connectivity index (χ2n) is 6.06. The normalized spacial score (nSPS) is 17.8. The van der Waals surface area contributed by atoms with E-state index < -0.39 is 0 Å². The van der Waals surface area contributed by atoms with E-state index in [-0.39, 0.29) is 11.9 Å². The van der Waals surface area contributed by atoms with Crippen molar-refractivity contribution in [1.82, 2.24) is 20.2 Å². The molecule has 1 unspecified atom stereocenters. The molecule has 7 heteroatoms. The second-order valence-corrected chi connectivity index (χ2v) is 6.06. The summed E-state index contributed by atoms with van der Waals surface area (Å²) in [5.74, 6) is 1.79. The third kappa shape index (κ3) is 4.04. The molecular formula is C17H24N4O3. The first-order chi connectivity index (χ1) is 11.7. The Kier molecular flexibility index (Phi) is 5.32. The van der Waals surface area contributed by atoms with Crippen molar-refractivity contribution in [3.8, 4) is 5.75 Å². The van der Waals surface area contributed by atoms with Gasteiger partial charge in [-0.15, -0.1) is 0 Å². The molecule has 1 atom stereocenters. The van der Waals surface area contributed by atoms with Crippen LogP contribution in [0, 0.1) is 0 Å². The van der Waals surface area contributed by atoms with Gasteiger partial charge in [-0.25, -0.2) is 4.98 Å². The molecule has 0 spiro atoms. The number of carbonyl (C=O) groups is 1. The summed E-state index contributed by atoms with van der Waals surface area (Å²) in [7, 11) is 3.48. The van der Waals surface area contributed by atoms with Crippen LogP contribution in [0.25, 0.3) is 11.0 Å². The molecule has 1 aliphatic rings. The summed E-state index contributed by atoms with van der Waals surface area (Å²) in [6.45, 7) is 2.76. The molecule has 0 bridgehead atoms. The zero-order chi connectivity index (χ0) is 16.9. The Hall–Kier alpha value is -2.12. The van der Waals surface area contributed by atoms with Crippen LogP contribution in [0.15, 0.2) is 18.2 Å². The lowest BCUT2D eigenvalue weighted by molar-refractivity contribution is -0.131. The number of aromatic nitrogens is 2. The van der Waals surface area contributed by atoms with E-state index in [4.69, 9.17) is 9.47 Å². The van der Waals surface area contributed by atoms with E-state index in [1.807, 2.05) is 25.2 Å². The molecule has 130 valence electrons. The molecule has 1 saturated heterocycles. The van der Waals surface area contributed by atoms with E-state index >= 15 is 0 Å². The van der Waals surface area contributed by atoms with Crippen LogP contribution >= 0.6 is 0 Å². The number of rotatable bonds is 6. The Bertz CT molecular complexity index is 694. The average Bonchev–Trinajstić information content (AvgIpc) is 3.02. The predicted molar refractivity (Wildman–Crippen MR) is 91.2 cm³/mol. The zero-order valence-electron chi connectivity index (χ0n) is 14.2. The lowest BCUT2D eigenvalue weighted by atomic mass is 10.2. The van der Waals surface area contributed by atoms with Crippen molar-refractivity contribution in [3.05, 3.63) is 24.0 Å². The number of nitrogens with zero attached hydrogens (tertiary/aromatic N) is 2. The van der Waals surface area contributed by atoms with Crippen molar-refractivity contribution in [2.45, 2.75) is 18.9 Å². The molecule has 2 N–H and O–H groups in total. The Morgan fingerprint density at radius 2 is 2.38 bits per heavy atom. The van der Waals surface area contributed by atoms with Gasteiger partial charge >= 0.3 is 0 Å². The number of carbonyl (C=O) groups excluding carboxylic acids is 1.